The van der Waals surface area contributed by atoms with Gasteiger partial charge in [-0.05, 0) is 37.5 Å². The highest BCUT2D eigenvalue weighted by Crippen LogP contribution is 2.30. The van der Waals surface area contributed by atoms with Crippen LogP contribution >= 0.6 is 0 Å². The molecule has 1 aliphatic carbocycles. The lowest BCUT2D eigenvalue weighted by Gasteiger charge is -2.38. The molecule has 0 aromatic heterocycles. The Labute approximate surface area is 105 Å². The predicted octanol–water partition coefficient (Wildman–Crippen LogP) is 1.89. The molecule has 1 N–H and O–H groups in total. The summed E-state index contributed by atoms with van der Waals surface area (Å²) in [7, 11) is 0. The third kappa shape index (κ3) is 3.67. The van der Waals surface area contributed by atoms with Crippen LogP contribution in [0.4, 0.5) is 0 Å². The van der Waals surface area contributed by atoms with E-state index in [0.29, 0.717) is 12.0 Å². The molecule has 0 radical (unpaired) electrons. The molecule has 0 spiro atoms. The van der Waals surface area contributed by atoms with E-state index < -0.39 is 0 Å². The molecule has 100 valence electrons. The van der Waals surface area contributed by atoms with Gasteiger partial charge < -0.3 is 9.84 Å². The Morgan fingerprint density at radius 1 is 1.35 bits per heavy atom. The summed E-state index contributed by atoms with van der Waals surface area (Å²) in [5.74, 6) is 1.26. The first-order valence-electron chi connectivity index (χ1n) is 7.21. The highest BCUT2D eigenvalue weighted by atomic mass is 16.5. The van der Waals surface area contributed by atoms with Gasteiger partial charge in [0.05, 0.1) is 18.8 Å². The molecule has 1 heterocycles. The van der Waals surface area contributed by atoms with Gasteiger partial charge in [0.2, 0.25) is 0 Å². The molecule has 1 saturated heterocycles. The predicted molar refractivity (Wildman–Crippen MR) is 69.0 cm³/mol. The Kier molecular flexibility index (Phi) is 4.83. The molecule has 0 bridgehead atoms. The Balaban J connectivity index is 1.82. The summed E-state index contributed by atoms with van der Waals surface area (Å²) in [5.41, 5.74) is 0. The molecule has 1 aliphatic heterocycles. The van der Waals surface area contributed by atoms with Gasteiger partial charge >= 0.3 is 0 Å². The minimum Gasteiger partial charge on any atom is -0.393 e. The largest absolute Gasteiger partial charge is 0.393 e. The van der Waals surface area contributed by atoms with Gasteiger partial charge in [0.15, 0.2) is 0 Å². The summed E-state index contributed by atoms with van der Waals surface area (Å²) in [5, 5.41) is 10.1. The molecule has 2 fully saturated rings. The SMILES string of the molecule is CCC1CN(CC2CC(C)CCC2O)CCO1. The molecular formula is C14H27NO2. The average Bonchev–Trinajstić information content (AvgIpc) is 2.34. The molecule has 4 atom stereocenters. The number of aliphatic hydroxyl groups excluding tert-OH is 1. The summed E-state index contributed by atoms with van der Waals surface area (Å²) < 4.78 is 5.69. The quantitative estimate of drug-likeness (QED) is 0.819. The molecule has 0 aromatic carbocycles. The zero-order valence-corrected chi connectivity index (χ0v) is 11.3. The van der Waals surface area contributed by atoms with Gasteiger partial charge in [-0.1, -0.05) is 13.8 Å². The molecule has 4 unspecified atom stereocenters. The van der Waals surface area contributed by atoms with Crippen LogP contribution in [0.3, 0.4) is 0 Å². The van der Waals surface area contributed by atoms with E-state index in [-0.39, 0.29) is 6.10 Å². The van der Waals surface area contributed by atoms with Crippen molar-refractivity contribution in [2.24, 2.45) is 11.8 Å². The van der Waals surface area contributed by atoms with Crippen LogP contribution in [0.2, 0.25) is 0 Å². The first kappa shape index (κ1) is 13.3. The van der Waals surface area contributed by atoms with Gasteiger partial charge in [0.1, 0.15) is 0 Å². The Bertz CT molecular complexity index is 234. The maximum absolute atomic E-state index is 10.1. The number of nitrogens with zero attached hydrogens (tertiary/aromatic N) is 1. The van der Waals surface area contributed by atoms with Crippen molar-refractivity contribution in [1.29, 1.82) is 0 Å². The zero-order valence-electron chi connectivity index (χ0n) is 11.3. The van der Waals surface area contributed by atoms with Gasteiger partial charge in [0, 0.05) is 19.6 Å². The lowest BCUT2D eigenvalue weighted by Crippen LogP contribution is -2.46. The van der Waals surface area contributed by atoms with E-state index in [1.165, 1.54) is 12.8 Å². The second-order valence-electron chi connectivity index (χ2n) is 5.91. The normalized spacial score (nSPS) is 40.4. The van der Waals surface area contributed by atoms with Gasteiger partial charge in [-0.15, -0.1) is 0 Å². The second kappa shape index (κ2) is 6.17. The fourth-order valence-electron chi connectivity index (χ4n) is 3.20. The van der Waals surface area contributed by atoms with Crippen LogP contribution in [0.5, 0.6) is 0 Å². The van der Waals surface area contributed by atoms with Crippen LogP contribution in [0, 0.1) is 11.8 Å². The first-order valence-corrected chi connectivity index (χ1v) is 7.21. The monoisotopic (exact) mass is 241 g/mol. The summed E-state index contributed by atoms with van der Waals surface area (Å²) in [6, 6.07) is 0. The van der Waals surface area contributed by atoms with Crippen LogP contribution in [0.25, 0.3) is 0 Å². The second-order valence-corrected chi connectivity index (χ2v) is 5.91. The minimum atomic E-state index is -0.0749. The molecular weight excluding hydrogens is 214 g/mol. The molecule has 0 amide bonds. The molecule has 3 heteroatoms. The molecule has 1 saturated carbocycles. The Morgan fingerprint density at radius 2 is 2.18 bits per heavy atom. The van der Waals surface area contributed by atoms with Crippen LogP contribution in [0.15, 0.2) is 0 Å². The summed E-state index contributed by atoms with van der Waals surface area (Å²) in [4.78, 5) is 2.49. The number of hydrogen-bond acceptors (Lipinski definition) is 3. The van der Waals surface area contributed by atoms with E-state index in [2.05, 4.69) is 18.7 Å². The van der Waals surface area contributed by atoms with Crippen molar-refractivity contribution < 1.29 is 9.84 Å². The molecule has 2 aliphatic rings. The van der Waals surface area contributed by atoms with Crippen molar-refractivity contribution in [3.8, 4) is 0 Å². The molecule has 0 aromatic rings. The average molecular weight is 241 g/mol. The van der Waals surface area contributed by atoms with Crippen LogP contribution in [-0.2, 0) is 4.74 Å². The highest BCUT2D eigenvalue weighted by molar-refractivity contribution is 4.82. The number of morpholine rings is 1. The molecule has 3 nitrogen and oxygen atoms in total. The smallest absolute Gasteiger partial charge is 0.0700 e. The van der Waals surface area contributed by atoms with E-state index in [4.69, 9.17) is 4.74 Å². The minimum absolute atomic E-state index is 0.0749. The van der Waals surface area contributed by atoms with Crippen LogP contribution in [-0.4, -0.2) is 48.5 Å². The first-order chi connectivity index (χ1) is 8.19. The third-order valence-electron chi connectivity index (χ3n) is 4.38. The molecule has 17 heavy (non-hydrogen) atoms. The maximum atomic E-state index is 10.1. The number of ether oxygens (including phenoxy) is 1. The molecule has 2 rings (SSSR count). The van der Waals surface area contributed by atoms with Crippen molar-refractivity contribution in [3.05, 3.63) is 0 Å². The number of rotatable bonds is 3. The van der Waals surface area contributed by atoms with Gasteiger partial charge in [-0.2, -0.15) is 0 Å². The summed E-state index contributed by atoms with van der Waals surface area (Å²) in [6.07, 6.45) is 4.80. The standard InChI is InChI=1S/C14H27NO2/c1-3-13-10-15(6-7-17-13)9-12-8-11(2)4-5-14(12)16/h11-14,16H,3-10H2,1-2H3. The van der Waals surface area contributed by atoms with Crippen LogP contribution < -0.4 is 0 Å². The summed E-state index contributed by atoms with van der Waals surface area (Å²) >= 11 is 0. The number of hydrogen-bond donors (Lipinski definition) is 1. The zero-order chi connectivity index (χ0) is 12.3. The van der Waals surface area contributed by atoms with Crippen molar-refractivity contribution >= 4 is 0 Å². The van der Waals surface area contributed by atoms with E-state index in [0.717, 1.165) is 45.0 Å². The van der Waals surface area contributed by atoms with Gasteiger partial charge in [0.25, 0.3) is 0 Å². The maximum Gasteiger partial charge on any atom is 0.0700 e. The van der Waals surface area contributed by atoms with Crippen LogP contribution in [0.1, 0.15) is 39.5 Å². The summed E-state index contributed by atoms with van der Waals surface area (Å²) in [6.45, 7) is 8.50. The van der Waals surface area contributed by atoms with Crippen molar-refractivity contribution in [2.45, 2.75) is 51.7 Å². The van der Waals surface area contributed by atoms with E-state index in [1.54, 1.807) is 0 Å². The lowest BCUT2D eigenvalue weighted by molar-refractivity contribution is -0.0482. The lowest BCUT2D eigenvalue weighted by atomic mass is 9.80. The van der Waals surface area contributed by atoms with Crippen molar-refractivity contribution in [3.63, 3.8) is 0 Å². The van der Waals surface area contributed by atoms with Crippen molar-refractivity contribution in [1.82, 2.24) is 4.90 Å². The van der Waals surface area contributed by atoms with E-state index in [9.17, 15) is 5.11 Å². The fourth-order valence-corrected chi connectivity index (χ4v) is 3.20. The third-order valence-corrected chi connectivity index (χ3v) is 4.38. The van der Waals surface area contributed by atoms with Crippen molar-refractivity contribution in [2.75, 3.05) is 26.2 Å². The van der Waals surface area contributed by atoms with E-state index in [1.807, 2.05) is 0 Å². The number of aliphatic hydroxyl groups is 1. The highest BCUT2D eigenvalue weighted by Gasteiger charge is 2.30. The Morgan fingerprint density at radius 3 is 2.94 bits per heavy atom. The van der Waals surface area contributed by atoms with Gasteiger partial charge in [-0.25, -0.2) is 0 Å². The van der Waals surface area contributed by atoms with Gasteiger partial charge in [-0.3, -0.25) is 4.90 Å². The topological polar surface area (TPSA) is 32.7 Å². The Hall–Kier alpha value is -0.120. The fraction of sp³-hybridized carbons (Fsp3) is 1.00. The van der Waals surface area contributed by atoms with E-state index >= 15 is 0 Å².